The highest BCUT2D eigenvalue weighted by Gasteiger charge is 2.40. The molecule has 0 spiro atoms. The van der Waals surface area contributed by atoms with E-state index in [0.717, 1.165) is 43.4 Å². The fourth-order valence-electron chi connectivity index (χ4n) is 10.2. The number of hydrogen-bond donors (Lipinski definition) is 10. The molecule has 6 atom stereocenters. The predicted octanol–water partition coefficient (Wildman–Crippen LogP) is 6.08. The van der Waals surface area contributed by atoms with Crippen molar-refractivity contribution in [3.05, 3.63) is 0 Å². The number of carbonyl (C=O) groups is 11. The normalized spacial score (nSPS) is 14.7. The van der Waals surface area contributed by atoms with Gasteiger partial charge < -0.3 is 58.9 Å². The predicted molar refractivity (Wildman–Crippen MR) is 327 cm³/mol. The Bertz CT molecular complexity index is 1960. The zero-order valence-electron chi connectivity index (χ0n) is 52.3. The lowest BCUT2D eigenvalue weighted by Gasteiger charge is -2.30. The zero-order chi connectivity index (χ0) is 62.3. The molecule has 0 aromatic rings. The molecular weight excluding hydrogens is 1070 g/mol. The standard InChI is InChI=1S/C62H113N11O11/c1-6-8-10-12-14-16-18-20-22-24-26-28-30-32-34-36-40-65-55(77)44-67-57(79)46(3)69-58(80)48(5)70-60(82)49(42-52(63)74)71-61(83)51-38-37-41-73(51)62(84)50(43-53(64)75)72-59(81)47(4)68-56(78)45-66-54(76)39-35-33-31-29-27-25-23-21-19-17-15-13-11-9-7-2/h46-51H,6-45H2,1-5H3,(H2,63,74)(H2,64,75)(H,65,77)(H,66,76)(H,67,79)(H,68,78)(H,69,80)(H,70,82)(H,71,83)(H,72,81)/t46-,47-,48-,49-,50-,51-/m0/s1. The van der Waals surface area contributed by atoms with Gasteiger partial charge >= 0.3 is 0 Å². The van der Waals surface area contributed by atoms with Gasteiger partial charge in [-0.3, -0.25) is 52.7 Å². The number of primary amides is 2. The van der Waals surface area contributed by atoms with E-state index in [4.69, 9.17) is 11.5 Å². The Balaban J connectivity index is 2.52. The van der Waals surface area contributed by atoms with E-state index in [1.807, 2.05) is 0 Å². The van der Waals surface area contributed by atoms with Crippen molar-refractivity contribution in [3.8, 4) is 0 Å². The Morgan fingerprint density at radius 3 is 1.27 bits per heavy atom. The van der Waals surface area contributed by atoms with E-state index in [1.165, 1.54) is 175 Å². The number of carbonyl (C=O) groups excluding carboxylic acids is 11. The number of amides is 11. The van der Waals surface area contributed by atoms with Gasteiger partial charge in [0.05, 0.1) is 25.9 Å². The number of unbranched alkanes of at least 4 members (excludes halogenated alkanes) is 29. The summed E-state index contributed by atoms with van der Waals surface area (Å²) >= 11 is 0. The van der Waals surface area contributed by atoms with Gasteiger partial charge in [0.15, 0.2) is 0 Å². The Morgan fingerprint density at radius 1 is 0.405 bits per heavy atom. The van der Waals surface area contributed by atoms with Crippen LogP contribution in [-0.4, -0.2) is 132 Å². The van der Waals surface area contributed by atoms with Crippen LogP contribution in [0.1, 0.15) is 266 Å². The van der Waals surface area contributed by atoms with Crippen LogP contribution in [0, 0.1) is 0 Å². The first kappa shape index (κ1) is 76.2. The third kappa shape index (κ3) is 38.2. The second-order valence-electron chi connectivity index (χ2n) is 23.3. The van der Waals surface area contributed by atoms with Gasteiger partial charge in [0, 0.05) is 19.5 Å². The van der Waals surface area contributed by atoms with Crippen molar-refractivity contribution < 1.29 is 52.7 Å². The first-order valence-corrected chi connectivity index (χ1v) is 32.5. The van der Waals surface area contributed by atoms with E-state index in [2.05, 4.69) is 56.4 Å². The molecule has 0 unspecified atom stereocenters. The molecule has 0 bridgehead atoms. The summed E-state index contributed by atoms with van der Waals surface area (Å²) in [6, 6.07) is -8.01. The summed E-state index contributed by atoms with van der Waals surface area (Å²) in [5.74, 6) is -8.25. The second kappa shape index (κ2) is 48.4. The molecule has 22 nitrogen and oxygen atoms in total. The van der Waals surface area contributed by atoms with Crippen molar-refractivity contribution >= 4 is 65.0 Å². The Hall–Kier alpha value is -5.83. The molecule has 1 heterocycles. The molecule has 1 aliphatic rings. The van der Waals surface area contributed by atoms with Gasteiger partial charge in [0.1, 0.15) is 36.3 Å². The molecule has 0 saturated carbocycles. The monoisotopic (exact) mass is 1190 g/mol. The fraction of sp³-hybridized carbons (Fsp3) is 0.823. The van der Waals surface area contributed by atoms with E-state index >= 15 is 0 Å². The molecule has 482 valence electrons. The van der Waals surface area contributed by atoms with Gasteiger partial charge in [-0.05, 0) is 46.5 Å². The van der Waals surface area contributed by atoms with Crippen LogP contribution in [0.5, 0.6) is 0 Å². The smallest absolute Gasteiger partial charge is 0.246 e. The summed E-state index contributed by atoms with van der Waals surface area (Å²) in [5.41, 5.74) is 10.9. The molecule has 0 aromatic carbocycles. The maximum Gasteiger partial charge on any atom is 0.246 e. The van der Waals surface area contributed by atoms with Gasteiger partial charge in [-0.2, -0.15) is 0 Å². The average molecular weight is 1190 g/mol. The Morgan fingerprint density at radius 2 is 0.798 bits per heavy atom. The van der Waals surface area contributed by atoms with E-state index in [9.17, 15) is 52.7 Å². The maximum absolute atomic E-state index is 13.9. The van der Waals surface area contributed by atoms with E-state index < -0.39 is 102 Å². The maximum atomic E-state index is 13.9. The van der Waals surface area contributed by atoms with Gasteiger partial charge in [-0.1, -0.05) is 200 Å². The van der Waals surface area contributed by atoms with Crippen molar-refractivity contribution in [3.63, 3.8) is 0 Å². The summed E-state index contributed by atoms with van der Waals surface area (Å²) < 4.78 is 0. The molecular formula is C62H113N11O11. The lowest BCUT2D eigenvalue weighted by Crippen LogP contribution is -2.59. The number of nitrogens with two attached hydrogens (primary N) is 2. The molecule has 1 fully saturated rings. The molecule has 1 saturated heterocycles. The SMILES string of the molecule is CCCCCCCCCCCCCCCCCCNC(=O)CNC(=O)[C@H](C)NC(=O)[C@H](C)NC(=O)[C@H](CC(N)=O)NC(=O)[C@@H]1CCCN1C(=O)[C@H](CC(N)=O)NC(=O)[C@H](C)NC(=O)CNC(=O)CCCCCCCCCCCCCCCCC. The molecule has 0 aromatic heterocycles. The number of likely N-dealkylation sites (tertiary alicyclic amines) is 1. The summed E-state index contributed by atoms with van der Waals surface area (Å²) in [5, 5.41) is 20.0. The minimum absolute atomic E-state index is 0.00729. The van der Waals surface area contributed by atoms with Crippen LogP contribution >= 0.6 is 0 Å². The third-order valence-corrected chi connectivity index (χ3v) is 15.4. The van der Waals surface area contributed by atoms with Crippen molar-refractivity contribution in [2.24, 2.45) is 11.5 Å². The van der Waals surface area contributed by atoms with Crippen LogP contribution in [0.3, 0.4) is 0 Å². The summed E-state index contributed by atoms with van der Waals surface area (Å²) in [4.78, 5) is 143. The minimum atomic E-state index is -1.61. The van der Waals surface area contributed by atoms with E-state index in [1.54, 1.807) is 0 Å². The van der Waals surface area contributed by atoms with Crippen LogP contribution in [0.25, 0.3) is 0 Å². The molecule has 12 N–H and O–H groups in total. The Labute approximate surface area is 503 Å². The van der Waals surface area contributed by atoms with Crippen molar-refractivity contribution in [1.29, 1.82) is 0 Å². The largest absolute Gasteiger partial charge is 0.370 e. The number of nitrogens with one attached hydrogen (secondary N) is 8. The highest BCUT2D eigenvalue weighted by Crippen LogP contribution is 2.21. The first-order chi connectivity index (χ1) is 40.3. The van der Waals surface area contributed by atoms with Crippen molar-refractivity contribution in [2.75, 3.05) is 26.2 Å². The third-order valence-electron chi connectivity index (χ3n) is 15.4. The highest BCUT2D eigenvalue weighted by atomic mass is 16.2. The lowest BCUT2D eigenvalue weighted by atomic mass is 10.0. The van der Waals surface area contributed by atoms with Gasteiger partial charge in [0.25, 0.3) is 0 Å². The Kier molecular flexibility index (Phi) is 43.9. The van der Waals surface area contributed by atoms with Crippen molar-refractivity contribution in [1.82, 2.24) is 47.4 Å². The molecule has 1 rings (SSSR count). The minimum Gasteiger partial charge on any atom is -0.370 e. The van der Waals surface area contributed by atoms with Gasteiger partial charge in [-0.25, -0.2) is 0 Å². The summed E-state index contributed by atoms with van der Waals surface area (Å²) in [7, 11) is 0. The van der Waals surface area contributed by atoms with Crippen LogP contribution in [0.15, 0.2) is 0 Å². The molecule has 0 aliphatic carbocycles. The first-order valence-electron chi connectivity index (χ1n) is 32.5. The van der Waals surface area contributed by atoms with Gasteiger partial charge in [-0.15, -0.1) is 0 Å². The quantitative estimate of drug-likeness (QED) is 0.0311. The molecule has 11 amide bonds. The number of hydrogen-bond acceptors (Lipinski definition) is 11. The van der Waals surface area contributed by atoms with E-state index in [-0.39, 0.29) is 44.3 Å². The van der Waals surface area contributed by atoms with Crippen LogP contribution in [-0.2, 0) is 52.7 Å². The van der Waals surface area contributed by atoms with E-state index in [0.29, 0.717) is 19.4 Å². The number of nitrogens with zero attached hydrogens (tertiary/aromatic N) is 1. The summed E-state index contributed by atoms with van der Waals surface area (Å²) in [6.45, 7) is 8.33. The average Bonchev–Trinajstić information content (AvgIpc) is 3.55. The number of rotatable bonds is 52. The lowest BCUT2D eigenvalue weighted by molar-refractivity contribution is -0.143. The molecule has 84 heavy (non-hydrogen) atoms. The fourth-order valence-corrected chi connectivity index (χ4v) is 10.2. The summed E-state index contributed by atoms with van der Waals surface area (Å²) in [6.07, 6.45) is 37.3. The molecule has 22 heteroatoms. The topological polar surface area (TPSA) is 339 Å². The van der Waals surface area contributed by atoms with Crippen LogP contribution in [0.2, 0.25) is 0 Å². The molecule has 0 radical (unpaired) electrons. The van der Waals surface area contributed by atoms with Crippen molar-refractivity contribution in [2.45, 2.75) is 302 Å². The zero-order valence-corrected chi connectivity index (χ0v) is 52.3. The van der Waals surface area contributed by atoms with Crippen LogP contribution in [0.4, 0.5) is 0 Å². The molecule has 1 aliphatic heterocycles. The van der Waals surface area contributed by atoms with Crippen LogP contribution < -0.4 is 54.0 Å². The van der Waals surface area contributed by atoms with Gasteiger partial charge in [0.2, 0.25) is 65.0 Å². The highest BCUT2D eigenvalue weighted by molar-refractivity contribution is 5.99. The second-order valence-corrected chi connectivity index (χ2v) is 23.3.